The normalized spacial score (nSPS) is 34.0. The third-order valence-corrected chi connectivity index (χ3v) is 17.5. The highest BCUT2D eigenvalue weighted by Crippen LogP contribution is 2.71. The van der Waals surface area contributed by atoms with Crippen molar-refractivity contribution in [2.75, 3.05) is 46.0 Å². The van der Waals surface area contributed by atoms with E-state index in [4.69, 9.17) is 33.2 Å². The molecule has 6 aliphatic heterocycles. The van der Waals surface area contributed by atoms with Gasteiger partial charge < -0.3 is 58.5 Å². The molecule has 3 aliphatic carbocycles. The first-order valence-corrected chi connectivity index (χ1v) is 27.6. The summed E-state index contributed by atoms with van der Waals surface area (Å²) in [7, 11) is 0. The van der Waals surface area contributed by atoms with Gasteiger partial charge in [0, 0.05) is 61.6 Å². The van der Waals surface area contributed by atoms with E-state index in [0.29, 0.717) is 81.1 Å². The minimum absolute atomic E-state index is 0.00350. The molecule has 17 heteroatoms. The maximum Gasteiger partial charge on any atom is 0.343 e. The zero-order valence-electron chi connectivity index (χ0n) is 45.7. The molecule has 4 saturated heterocycles. The van der Waals surface area contributed by atoms with Crippen LogP contribution in [0.25, 0.3) is 6.08 Å². The molecule has 0 aromatic heterocycles. The number of rotatable bonds is 14. The van der Waals surface area contributed by atoms with E-state index in [9.17, 15) is 30.0 Å². The number of ether oxygens (including phenoxy) is 7. The SMILES string of the molecule is CC(C)=CCCC1(C)C=Cc2c(c(CC=C(C)C)c3c(c2OC(=O)c2ccc(O[C@@H]4O[C@H](CO)[C@@H](O)[C@H](O)[C@H]4O)cc2)C(=O)C2C(N4CCOCC4)C4CC5C(C)(C)OC(C/C=C(/C)C(=O)N6CCCCC6)(C4=O)C25O3)O1. The first kappa shape index (κ1) is 55.1. The van der Waals surface area contributed by atoms with Crippen molar-refractivity contribution in [1.29, 1.82) is 0 Å². The smallest absolute Gasteiger partial charge is 0.343 e. The minimum Gasteiger partial charge on any atom is -0.482 e. The van der Waals surface area contributed by atoms with E-state index in [0.717, 1.165) is 30.4 Å². The number of piperidine rings is 1. The number of Topliss-reactive ketones (excluding diaryl/α,β-unsaturated/α-hetero) is 2. The summed E-state index contributed by atoms with van der Waals surface area (Å²) in [6, 6.07) is 5.14. The van der Waals surface area contributed by atoms with Gasteiger partial charge in [0.2, 0.25) is 12.2 Å². The van der Waals surface area contributed by atoms with Crippen LogP contribution in [-0.2, 0) is 30.2 Å². The third-order valence-electron chi connectivity index (χ3n) is 17.5. The fourth-order valence-corrected chi connectivity index (χ4v) is 13.7. The van der Waals surface area contributed by atoms with Crippen LogP contribution in [0.3, 0.4) is 0 Å². The van der Waals surface area contributed by atoms with Crippen molar-refractivity contribution in [1.82, 2.24) is 9.80 Å². The number of allylic oxidation sites excluding steroid dienone is 4. The van der Waals surface area contributed by atoms with Crippen LogP contribution in [0, 0.1) is 17.8 Å². The van der Waals surface area contributed by atoms with E-state index in [2.05, 4.69) is 11.0 Å². The molecule has 17 nitrogen and oxygen atoms in total. The number of aliphatic hydroxyl groups excluding tert-OH is 4. The van der Waals surface area contributed by atoms with Crippen molar-refractivity contribution in [2.24, 2.45) is 17.8 Å². The lowest BCUT2D eigenvalue weighted by Gasteiger charge is -2.64. The van der Waals surface area contributed by atoms with Crippen molar-refractivity contribution >= 4 is 29.5 Å². The molecule has 11 rings (SSSR count). The molecule has 2 aromatic carbocycles. The lowest BCUT2D eigenvalue weighted by Crippen LogP contribution is -2.82. The van der Waals surface area contributed by atoms with Crippen LogP contribution >= 0.6 is 0 Å². The van der Waals surface area contributed by atoms with Gasteiger partial charge >= 0.3 is 5.97 Å². The number of carbonyl (C=O) groups is 4. The van der Waals surface area contributed by atoms with Crippen molar-refractivity contribution < 1.29 is 72.8 Å². The zero-order valence-corrected chi connectivity index (χ0v) is 45.7. The van der Waals surface area contributed by atoms with Crippen LogP contribution in [0.5, 0.6) is 23.0 Å². The number of hydrogen-bond acceptors (Lipinski definition) is 16. The van der Waals surface area contributed by atoms with Gasteiger partial charge in [-0.25, -0.2) is 4.79 Å². The number of hydrogen-bond donors (Lipinski definition) is 4. The number of nitrogens with zero attached hydrogens (tertiary/aromatic N) is 2. The lowest BCUT2D eigenvalue weighted by atomic mass is 9.44. The van der Waals surface area contributed by atoms with E-state index < -0.39 is 89.5 Å². The Balaban J connectivity index is 1.13. The lowest BCUT2D eigenvalue weighted by molar-refractivity contribution is -0.277. The fourth-order valence-electron chi connectivity index (χ4n) is 13.7. The van der Waals surface area contributed by atoms with Gasteiger partial charge in [-0.2, -0.15) is 0 Å². The van der Waals surface area contributed by atoms with Crippen molar-refractivity contribution in [3.8, 4) is 23.0 Å². The van der Waals surface area contributed by atoms with Crippen LogP contribution in [0.4, 0.5) is 0 Å². The summed E-state index contributed by atoms with van der Waals surface area (Å²) in [6.45, 7) is 18.2. The molecule has 4 bridgehead atoms. The van der Waals surface area contributed by atoms with Gasteiger partial charge in [-0.05, 0) is 137 Å². The monoisotopic (exact) mass is 1060 g/mol. The number of amides is 1. The topological polar surface area (TPSA) is 220 Å². The summed E-state index contributed by atoms with van der Waals surface area (Å²) >= 11 is 0. The first-order valence-electron chi connectivity index (χ1n) is 27.6. The summed E-state index contributed by atoms with van der Waals surface area (Å²) in [5.74, 6) is -2.93. The van der Waals surface area contributed by atoms with Gasteiger partial charge in [0.1, 0.15) is 52.8 Å². The highest BCUT2D eigenvalue weighted by Gasteiger charge is 2.86. The Kier molecular flexibility index (Phi) is 15.1. The number of fused-ring (bicyclic) bond motifs is 2. The molecule has 0 radical (unpaired) electrons. The number of likely N-dealkylation sites (tertiary alicyclic amines) is 1. The van der Waals surface area contributed by atoms with Crippen LogP contribution in [0.2, 0.25) is 0 Å². The number of carbonyl (C=O) groups excluding carboxylic acids is 4. The number of esters is 1. The average molecular weight is 1070 g/mol. The molecule has 6 heterocycles. The minimum atomic E-state index is -1.70. The van der Waals surface area contributed by atoms with Gasteiger partial charge in [-0.1, -0.05) is 29.4 Å². The predicted molar refractivity (Wildman–Crippen MR) is 283 cm³/mol. The van der Waals surface area contributed by atoms with Gasteiger partial charge in [0.15, 0.2) is 28.5 Å². The zero-order chi connectivity index (χ0) is 54.9. The fraction of sp³-hybridized carbons (Fsp3) is 0.600. The molecule has 1 spiro atoms. The van der Waals surface area contributed by atoms with Gasteiger partial charge in [-0.3, -0.25) is 19.3 Å². The molecule has 1 amide bonds. The molecule has 7 unspecified atom stereocenters. The average Bonchev–Trinajstić information content (AvgIpc) is 3.77. The van der Waals surface area contributed by atoms with E-state index in [1.165, 1.54) is 24.3 Å². The largest absolute Gasteiger partial charge is 0.482 e. The second-order valence-corrected chi connectivity index (χ2v) is 23.6. The van der Waals surface area contributed by atoms with Crippen LogP contribution < -0.4 is 18.9 Å². The first-order chi connectivity index (χ1) is 36.6. The Morgan fingerprint density at radius 3 is 2.22 bits per heavy atom. The summed E-state index contributed by atoms with van der Waals surface area (Å²) < 4.78 is 46.1. The molecule has 77 heavy (non-hydrogen) atoms. The highest BCUT2D eigenvalue weighted by molar-refractivity contribution is 6.11. The van der Waals surface area contributed by atoms with Gasteiger partial charge in [-0.15, -0.1) is 0 Å². The molecule has 3 saturated carbocycles. The van der Waals surface area contributed by atoms with Crippen molar-refractivity contribution in [3.05, 3.63) is 87.5 Å². The Labute approximate surface area is 450 Å². The van der Waals surface area contributed by atoms with Crippen LogP contribution in [0.1, 0.15) is 132 Å². The van der Waals surface area contributed by atoms with E-state index in [-0.39, 0.29) is 58.7 Å². The summed E-state index contributed by atoms with van der Waals surface area (Å²) in [4.78, 5) is 65.6. The molecule has 2 aromatic rings. The Morgan fingerprint density at radius 1 is 0.844 bits per heavy atom. The van der Waals surface area contributed by atoms with Gasteiger partial charge in [0.25, 0.3) is 0 Å². The maximum absolute atomic E-state index is 16.8. The molecule has 7 fully saturated rings. The summed E-state index contributed by atoms with van der Waals surface area (Å²) in [5.41, 5.74) is -1.38. The Hall–Kier alpha value is -5.24. The van der Waals surface area contributed by atoms with Crippen LogP contribution in [-0.4, -0.2) is 159 Å². The Bertz CT molecular complexity index is 2780. The maximum atomic E-state index is 16.8. The quantitative estimate of drug-likeness (QED) is 0.0711. The van der Waals surface area contributed by atoms with E-state index >= 15 is 9.59 Å². The second kappa shape index (κ2) is 21.1. The molecular formula is C60H76N2O15. The number of morpholine rings is 1. The second-order valence-electron chi connectivity index (χ2n) is 23.6. The Morgan fingerprint density at radius 2 is 1.55 bits per heavy atom. The van der Waals surface area contributed by atoms with Crippen LogP contribution in [0.15, 0.2) is 65.3 Å². The van der Waals surface area contributed by atoms with E-state index in [1.54, 1.807) is 6.92 Å². The molecule has 416 valence electrons. The number of benzene rings is 2. The van der Waals surface area contributed by atoms with Crippen molar-refractivity contribution in [3.63, 3.8) is 0 Å². The molecule has 12 atom stereocenters. The highest BCUT2D eigenvalue weighted by atomic mass is 16.7. The third kappa shape index (κ3) is 9.49. The predicted octanol–water partition coefficient (Wildman–Crippen LogP) is 6.25. The van der Waals surface area contributed by atoms with Gasteiger partial charge in [0.05, 0.1) is 42.5 Å². The molecule has 9 aliphatic rings. The molecule has 4 N–H and O–H groups in total. The molecular weight excluding hydrogens is 989 g/mol. The van der Waals surface area contributed by atoms with E-state index in [1.807, 2.05) is 77.7 Å². The summed E-state index contributed by atoms with van der Waals surface area (Å²) in [5, 5.41) is 41.1. The number of aliphatic hydroxyl groups is 4. The number of ketones is 2. The standard InChI is InChI=1S/C60H76N2O15/c1-33(2)13-12-22-58(8)23-21-39-50(75-58)38(19-14-34(3)4)52-43(51(39)74-55(70)36-15-17-37(18-16-36)72-56-49(67)48(66)46(64)41(32-63)73-56)47(65)44-45(61-27-29-71-30-28-61)40-31-42-57(6,7)77-59(53(40)68,60(42,44)76-52)24-20-35(5)54(69)62-25-10-9-11-26-62/h13-18,20-21,23,40-42,44-46,48-49,56,63-64,66-67H,9-12,19,22,24-32H2,1-8H3/b35-20-/t40?,41-,42?,44?,45?,46-,48+,49-,56-,58?,59?,60?/m1/s1. The van der Waals surface area contributed by atoms with Crippen molar-refractivity contribution in [2.45, 2.75) is 166 Å². The summed E-state index contributed by atoms with van der Waals surface area (Å²) in [6.07, 6.45) is 7.14.